The first kappa shape index (κ1) is 14.7. The Morgan fingerprint density at radius 1 is 1.41 bits per heavy atom. The lowest BCUT2D eigenvalue weighted by Crippen LogP contribution is -2.26. The van der Waals surface area contributed by atoms with Gasteiger partial charge in [-0.05, 0) is 18.9 Å². The summed E-state index contributed by atoms with van der Waals surface area (Å²) in [6.45, 7) is 2.06. The van der Waals surface area contributed by atoms with Gasteiger partial charge in [0.05, 0.1) is 18.8 Å². The highest BCUT2D eigenvalue weighted by Gasteiger charge is 2.34. The lowest BCUT2D eigenvalue weighted by atomic mass is 10.1. The Kier molecular flexibility index (Phi) is 4.20. The molecule has 1 saturated heterocycles. The summed E-state index contributed by atoms with van der Waals surface area (Å²) in [5, 5.41) is 0.975. The molecule has 1 amide bonds. The summed E-state index contributed by atoms with van der Waals surface area (Å²) in [6, 6.07) is 9.92. The maximum Gasteiger partial charge on any atom is 0.367 e. The summed E-state index contributed by atoms with van der Waals surface area (Å²) in [5.74, 6) is -0.380. The zero-order valence-corrected chi connectivity index (χ0v) is 13.0. The third-order valence-electron chi connectivity index (χ3n) is 3.58. The van der Waals surface area contributed by atoms with Gasteiger partial charge in [-0.1, -0.05) is 41.7 Å². The van der Waals surface area contributed by atoms with E-state index in [4.69, 9.17) is 4.74 Å². The Balaban J connectivity index is 1.88. The van der Waals surface area contributed by atoms with Gasteiger partial charge in [-0.15, -0.1) is 0 Å². The third kappa shape index (κ3) is 2.74. The van der Waals surface area contributed by atoms with Crippen molar-refractivity contribution in [1.29, 1.82) is 0 Å². The minimum Gasteiger partial charge on any atom is -0.461 e. The van der Waals surface area contributed by atoms with Crippen molar-refractivity contribution in [2.75, 3.05) is 11.5 Å². The van der Waals surface area contributed by atoms with Crippen molar-refractivity contribution in [3.63, 3.8) is 0 Å². The standard InChI is InChI=1S/C16H16N2O3S/c1-2-21-16(20)15-17-10-14(22-15)18-12(8-9-13(18)19)11-6-4-3-5-7-11/h3-7,10,12H,2,8-9H2,1H3. The van der Waals surface area contributed by atoms with Crippen LogP contribution in [0.5, 0.6) is 0 Å². The zero-order chi connectivity index (χ0) is 15.5. The molecule has 2 aromatic rings. The highest BCUT2D eigenvalue weighted by atomic mass is 32.1. The highest BCUT2D eigenvalue weighted by molar-refractivity contribution is 7.17. The molecule has 0 radical (unpaired) electrons. The van der Waals surface area contributed by atoms with Crippen molar-refractivity contribution >= 4 is 28.2 Å². The summed E-state index contributed by atoms with van der Waals surface area (Å²) >= 11 is 1.20. The van der Waals surface area contributed by atoms with Crippen LogP contribution in [0.1, 0.15) is 41.2 Å². The van der Waals surface area contributed by atoms with Crippen LogP contribution in [-0.2, 0) is 9.53 Å². The van der Waals surface area contributed by atoms with Gasteiger partial charge < -0.3 is 4.74 Å². The Morgan fingerprint density at radius 2 is 2.18 bits per heavy atom. The number of aromatic nitrogens is 1. The van der Waals surface area contributed by atoms with E-state index in [0.717, 1.165) is 12.0 Å². The van der Waals surface area contributed by atoms with E-state index in [2.05, 4.69) is 4.98 Å². The minimum absolute atomic E-state index is 0.00388. The van der Waals surface area contributed by atoms with Crippen LogP contribution in [0.4, 0.5) is 5.00 Å². The molecule has 2 heterocycles. The number of hydrogen-bond acceptors (Lipinski definition) is 5. The van der Waals surface area contributed by atoms with Crippen molar-refractivity contribution in [2.45, 2.75) is 25.8 Å². The first-order valence-corrected chi connectivity index (χ1v) is 8.02. The molecule has 114 valence electrons. The molecule has 1 aromatic heterocycles. The zero-order valence-electron chi connectivity index (χ0n) is 12.2. The number of amides is 1. The predicted molar refractivity (Wildman–Crippen MR) is 84.0 cm³/mol. The molecule has 5 nitrogen and oxygen atoms in total. The van der Waals surface area contributed by atoms with Gasteiger partial charge in [0.1, 0.15) is 5.00 Å². The van der Waals surface area contributed by atoms with Crippen LogP contribution in [0.15, 0.2) is 36.5 Å². The second-order valence-electron chi connectivity index (χ2n) is 4.95. The average Bonchev–Trinajstić information content (AvgIpc) is 3.15. The maximum atomic E-state index is 12.3. The molecule has 0 saturated carbocycles. The molecule has 1 aliphatic heterocycles. The molecule has 22 heavy (non-hydrogen) atoms. The minimum atomic E-state index is -0.443. The van der Waals surface area contributed by atoms with Crippen LogP contribution in [0.25, 0.3) is 0 Å². The third-order valence-corrected chi connectivity index (χ3v) is 4.55. The van der Waals surface area contributed by atoms with Crippen molar-refractivity contribution < 1.29 is 14.3 Å². The average molecular weight is 316 g/mol. The van der Waals surface area contributed by atoms with Crippen LogP contribution in [-0.4, -0.2) is 23.5 Å². The van der Waals surface area contributed by atoms with E-state index in [1.165, 1.54) is 11.3 Å². The van der Waals surface area contributed by atoms with Gasteiger partial charge in [-0.2, -0.15) is 0 Å². The summed E-state index contributed by atoms with van der Waals surface area (Å²) in [4.78, 5) is 29.8. The van der Waals surface area contributed by atoms with Gasteiger partial charge in [-0.25, -0.2) is 9.78 Å². The largest absolute Gasteiger partial charge is 0.461 e. The quantitative estimate of drug-likeness (QED) is 0.813. The first-order valence-electron chi connectivity index (χ1n) is 7.20. The van der Waals surface area contributed by atoms with Crippen molar-refractivity contribution in [1.82, 2.24) is 4.98 Å². The van der Waals surface area contributed by atoms with Crippen LogP contribution in [0.3, 0.4) is 0 Å². The molecular weight excluding hydrogens is 300 g/mol. The van der Waals surface area contributed by atoms with Gasteiger partial charge >= 0.3 is 5.97 Å². The molecule has 1 atom stereocenters. The van der Waals surface area contributed by atoms with Crippen LogP contribution < -0.4 is 4.90 Å². The number of nitrogens with zero attached hydrogens (tertiary/aromatic N) is 2. The van der Waals surface area contributed by atoms with E-state index in [9.17, 15) is 9.59 Å². The summed E-state index contributed by atoms with van der Waals surface area (Å²) in [5.41, 5.74) is 1.10. The molecule has 0 bridgehead atoms. The molecule has 1 aliphatic rings. The molecule has 1 aromatic carbocycles. The van der Waals surface area contributed by atoms with E-state index >= 15 is 0 Å². The topological polar surface area (TPSA) is 59.5 Å². The van der Waals surface area contributed by atoms with E-state index in [1.807, 2.05) is 30.3 Å². The number of hydrogen-bond donors (Lipinski definition) is 0. The number of carbonyl (C=O) groups excluding carboxylic acids is 2. The van der Waals surface area contributed by atoms with E-state index in [1.54, 1.807) is 18.0 Å². The Labute approximate surface area is 132 Å². The number of ether oxygens (including phenoxy) is 1. The van der Waals surface area contributed by atoms with E-state index < -0.39 is 5.97 Å². The summed E-state index contributed by atoms with van der Waals surface area (Å²) in [6.07, 6.45) is 2.86. The molecular formula is C16H16N2O3S. The molecule has 3 rings (SSSR count). The molecule has 6 heteroatoms. The van der Waals surface area contributed by atoms with Crippen LogP contribution >= 0.6 is 11.3 Å². The lowest BCUT2D eigenvalue weighted by Gasteiger charge is -2.23. The maximum absolute atomic E-state index is 12.3. The van der Waals surface area contributed by atoms with E-state index in [-0.39, 0.29) is 17.0 Å². The summed E-state index contributed by atoms with van der Waals surface area (Å²) in [7, 11) is 0. The first-order chi connectivity index (χ1) is 10.7. The normalized spacial score (nSPS) is 17.8. The SMILES string of the molecule is CCOC(=O)c1ncc(N2C(=O)CCC2c2ccccc2)s1. The van der Waals surface area contributed by atoms with E-state index in [0.29, 0.717) is 18.0 Å². The fraction of sp³-hybridized carbons (Fsp3) is 0.312. The predicted octanol–water partition coefficient (Wildman–Crippen LogP) is 3.19. The Morgan fingerprint density at radius 3 is 2.91 bits per heavy atom. The number of thiazole rings is 1. The number of esters is 1. The van der Waals surface area contributed by atoms with Crippen molar-refractivity contribution in [3.05, 3.63) is 47.1 Å². The van der Waals surface area contributed by atoms with Crippen LogP contribution in [0.2, 0.25) is 0 Å². The van der Waals surface area contributed by atoms with Gasteiger partial charge in [0, 0.05) is 6.42 Å². The number of rotatable bonds is 4. The Hall–Kier alpha value is -2.21. The molecule has 1 fully saturated rings. The fourth-order valence-corrected chi connectivity index (χ4v) is 3.49. The lowest BCUT2D eigenvalue weighted by molar-refractivity contribution is -0.117. The monoisotopic (exact) mass is 316 g/mol. The number of carbonyl (C=O) groups is 2. The Bertz CT molecular complexity index is 684. The smallest absolute Gasteiger partial charge is 0.367 e. The number of benzene rings is 1. The highest BCUT2D eigenvalue weighted by Crippen LogP contribution is 2.39. The van der Waals surface area contributed by atoms with Crippen LogP contribution in [0, 0.1) is 0 Å². The number of anilines is 1. The van der Waals surface area contributed by atoms with Crippen molar-refractivity contribution in [2.24, 2.45) is 0 Å². The van der Waals surface area contributed by atoms with Gasteiger partial charge in [-0.3, -0.25) is 9.69 Å². The van der Waals surface area contributed by atoms with Gasteiger partial charge in [0.2, 0.25) is 10.9 Å². The second kappa shape index (κ2) is 6.27. The second-order valence-corrected chi connectivity index (χ2v) is 5.96. The van der Waals surface area contributed by atoms with Gasteiger partial charge in [0.25, 0.3) is 0 Å². The molecule has 0 spiro atoms. The molecule has 0 aliphatic carbocycles. The molecule has 0 N–H and O–H groups in total. The van der Waals surface area contributed by atoms with Crippen molar-refractivity contribution in [3.8, 4) is 0 Å². The molecule has 1 unspecified atom stereocenters. The summed E-state index contributed by atoms with van der Waals surface area (Å²) < 4.78 is 4.95. The van der Waals surface area contributed by atoms with Gasteiger partial charge in [0.15, 0.2) is 0 Å². The fourth-order valence-electron chi connectivity index (χ4n) is 2.62.